The molecule has 0 spiro atoms. The Morgan fingerprint density at radius 2 is 2.13 bits per heavy atom. The molecule has 1 aliphatic carbocycles. The molecule has 128 valence electrons. The molecule has 7 nitrogen and oxygen atoms in total. The molecule has 0 aromatic heterocycles. The standard InChI is InChI=1S/C16H24N2O5/c1-6-21-14(19)10-7-11(18-15(20)23-16(3,4)5)13-12(8-10)22-9(2)17-13/h8,11-13H,6-7H2,1-5H3,(H,18,20)/t11-,12-,13+/m0/s1. The summed E-state index contributed by atoms with van der Waals surface area (Å²) in [7, 11) is 0. The average Bonchev–Trinajstić information content (AvgIpc) is 2.77. The van der Waals surface area contributed by atoms with Crippen LogP contribution in [0.15, 0.2) is 16.6 Å². The number of carbonyl (C=O) groups excluding carboxylic acids is 2. The number of fused-ring (bicyclic) bond motifs is 1. The fraction of sp³-hybridized carbons (Fsp3) is 0.688. The molecule has 2 aliphatic rings. The zero-order chi connectivity index (χ0) is 17.2. The van der Waals surface area contributed by atoms with Crippen molar-refractivity contribution in [1.82, 2.24) is 5.32 Å². The molecule has 1 amide bonds. The Kier molecular flexibility index (Phi) is 4.97. The minimum atomic E-state index is -0.594. The van der Waals surface area contributed by atoms with Gasteiger partial charge in [-0.15, -0.1) is 0 Å². The monoisotopic (exact) mass is 324 g/mol. The second-order valence-electron chi connectivity index (χ2n) is 6.59. The molecular formula is C16H24N2O5. The molecule has 0 aromatic rings. The smallest absolute Gasteiger partial charge is 0.407 e. The highest BCUT2D eigenvalue weighted by Gasteiger charge is 2.41. The van der Waals surface area contributed by atoms with Crippen molar-refractivity contribution in [3.63, 3.8) is 0 Å². The first-order chi connectivity index (χ1) is 10.7. The minimum absolute atomic E-state index is 0.263. The highest BCUT2D eigenvalue weighted by Crippen LogP contribution is 2.29. The number of nitrogens with zero attached hydrogens (tertiary/aromatic N) is 1. The van der Waals surface area contributed by atoms with Crippen LogP contribution in [0.2, 0.25) is 0 Å². The molecule has 0 aromatic carbocycles. The van der Waals surface area contributed by atoms with Gasteiger partial charge in [-0.25, -0.2) is 14.6 Å². The molecule has 0 bridgehead atoms. The van der Waals surface area contributed by atoms with Crippen molar-refractivity contribution < 1.29 is 23.8 Å². The first kappa shape index (κ1) is 17.3. The molecule has 0 unspecified atom stereocenters. The Labute approximate surface area is 136 Å². The third-order valence-electron chi connectivity index (χ3n) is 3.43. The van der Waals surface area contributed by atoms with Crippen molar-refractivity contribution >= 4 is 18.0 Å². The van der Waals surface area contributed by atoms with Gasteiger partial charge >= 0.3 is 12.1 Å². The minimum Gasteiger partial charge on any atom is -0.471 e. The third-order valence-corrected chi connectivity index (χ3v) is 3.43. The molecule has 0 saturated carbocycles. The van der Waals surface area contributed by atoms with Gasteiger partial charge in [0, 0.05) is 18.9 Å². The number of carbonyl (C=O) groups is 2. The molecule has 7 heteroatoms. The van der Waals surface area contributed by atoms with E-state index in [0.29, 0.717) is 24.5 Å². The Hall–Kier alpha value is -2.05. The summed E-state index contributed by atoms with van der Waals surface area (Å²) in [6.07, 6.45) is 1.16. The molecule has 23 heavy (non-hydrogen) atoms. The van der Waals surface area contributed by atoms with Crippen molar-refractivity contribution in [3.8, 4) is 0 Å². The molecule has 1 N–H and O–H groups in total. The van der Waals surface area contributed by atoms with E-state index < -0.39 is 17.7 Å². The van der Waals surface area contributed by atoms with Crippen LogP contribution < -0.4 is 5.32 Å². The largest absolute Gasteiger partial charge is 0.471 e. The predicted molar refractivity (Wildman–Crippen MR) is 84.3 cm³/mol. The van der Waals surface area contributed by atoms with Gasteiger partial charge in [-0.2, -0.15) is 0 Å². The van der Waals surface area contributed by atoms with Crippen LogP contribution in [0.3, 0.4) is 0 Å². The summed E-state index contributed by atoms with van der Waals surface area (Å²) in [6.45, 7) is 9.18. The van der Waals surface area contributed by atoms with Gasteiger partial charge < -0.3 is 19.5 Å². The van der Waals surface area contributed by atoms with Crippen LogP contribution in [0.25, 0.3) is 0 Å². The van der Waals surface area contributed by atoms with E-state index in [1.54, 1.807) is 40.7 Å². The fourth-order valence-corrected chi connectivity index (χ4v) is 2.63. The average molecular weight is 324 g/mol. The second kappa shape index (κ2) is 6.60. The van der Waals surface area contributed by atoms with Crippen LogP contribution in [-0.4, -0.2) is 48.4 Å². The maximum absolute atomic E-state index is 12.0. The summed E-state index contributed by atoms with van der Waals surface area (Å²) in [6, 6.07) is -0.641. The number of aliphatic imine (C=N–C) groups is 1. The van der Waals surface area contributed by atoms with E-state index in [-0.39, 0.29) is 18.2 Å². The van der Waals surface area contributed by atoms with Gasteiger partial charge in [0.25, 0.3) is 0 Å². The summed E-state index contributed by atoms with van der Waals surface area (Å²) in [4.78, 5) is 28.5. The number of ether oxygens (including phenoxy) is 3. The summed E-state index contributed by atoms with van der Waals surface area (Å²) in [5.41, 5.74) is -0.109. The topological polar surface area (TPSA) is 86.2 Å². The van der Waals surface area contributed by atoms with Gasteiger partial charge in [-0.3, -0.25) is 0 Å². The van der Waals surface area contributed by atoms with Crippen LogP contribution in [0.5, 0.6) is 0 Å². The van der Waals surface area contributed by atoms with Crippen LogP contribution >= 0.6 is 0 Å². The summed E-state index contributed by atoms with van der Waals surface area (Å²) < 4.78 is 15.9. The maximum atomic E-state index is 12.0. The maximum Gasteiger partial charge on any atom is 0.407 e. The highest BCUT2D eigenvalue weighted by molar-refractivity contribution is 5.89. The lowest BCUT2D eigenvalue weighted by Gasteiger charge is -2.31. The van der Waals surface area contributed by atoms with Crippen LogP contribution in [0.4, 0.5) is 4.79 Å². The van der Waals surface area contributed by atoms with E-state index in [4.69, 9.17) is 14.2 Å². The van der Waals surface area contributed by atoms with Gasteiger partial charge in [-0.1, -0.05) is 0 Å². The fourth-order valence-electron chi connectivity index (χ4n) is 2.63. The Balaban J connectivity index is 2.13. The summed E-state index contributed by atoms with van der Waals surface area (Å²) >= 11 is 0. The second-order valence-corrected chi connectivity index (χ2v) is 6.59. The number of amides is 1. The third kappa shape index (κ3) is 4.46. The van der Waals surface area contributed by atoms with Gasteiger partial charge in [0.2, 0.25) is 0 Å². The van der Waals surface area contributed by atoms with Crippen molar-refractivity contribution in [2.24, 2.45) is 4.99 Å². The van der Waals surface area contributed by atoms with Crippen LogP contribution in [0.1, 0.15) is 41.0 Å². The number of alkyl carbamates (subject to hydrolysis) is 1. The van der Waals surface area contributed by atoms with E-state index in [9.17, 15) is 9.59 Å². The number of rotatable bonds is 3. The van der Waals surface area contributed by atoms with Gasteiger partial charge in [0.15, 0.2) is 5.90 Å². The zero-order valence-corrected chi connectivity index (χ0v) is 14.2. The summed E-state index contributed by atoms with van der Waals surface area (Å²) in [5.74, 6) is 0.146. The first-order valence-corrected chi connectivity index (χ1v) is 7.78. The highest BCUT2D eigenvalue weighted by atomic mass is 16.6. The first-order valence-electron chi connectivity index (χ1n) is 7.78. The van der Waals surface area contributed by atoms with Crippen LogP contribution in [0, 0.1) is 0 Å². The Morgan fingerprint density at radius 1 is 1.43 bits per heavy atom. The van der Waals surface area contributed by atoms with E-state index in [0.717, 1.165) is 0 Å². The lowest BCUT2D eigenvalue weighted by atomic mass is 9.89. The van der Waals surface area contributed by atoms with Crippen molar-refractivity contribution in [2.45, 2.75) is 64.8 Å². The van der Waals surface area contributed by atoms with E-state index in [1.165, 1.54) is 0 Å². The molecule has 0 fully saturated rings. The normalized spacial score (nSPS) is 26.4. The van der Waals surface area contributed by atoms with Gasteiger partial charge in [0.1, 0.15) is 17.7 Å². The van der Waals surface area contributed by atoms with E-state index in [1.807, 2.05) is 0 Å². The Bertz CT molecular complexity index is 547. The lowest BCUT2D eigenvalue weighted by molar-refractivity contribution is -0.139. The van der Waals surface area contributed by atoms with E-state index >= 15 is 0 Å². The number of esters is 1. The van der Waals surface area contributed by atoms with Gasteiger partial charge in [-0.05, 0) is 33.8 Å². The van der Waals surface area contributed by atoms with E-state index in [2.05, 4.69) is 10.3 Å². The predicted octanol–water partition coefficient (Wildman–Crippen LogP) is 1.96. The van der Waals surface area contributed by atoms with Crippen molar-refractivity contribution in [2.75, 3.05) is 6.61 Å². The number of hydrogen-bond donors (Lipinski definition) is 1. The molecule has 2 rings (SSSR count). The quantitative estimate of drug-likeness (QED) is 0.802. The molecule has 3 atom stereocenters. The molecule has 0 radical (unpaired) electrons. The molecule has 1 heterocycles. The molecule has 0 saturated heterocycles. The number of hydrogen-bond acceptors (Lipinski definition) is 6. The van der Waals surface area contributed by atoms with Crippen molar-refractivity contribution in [1.29, 1.82) is 0 Å². The number of nitrogens with one attached hydrogen (secondary N) is 1. The Morgan fingerprint density at radius 3 is 2.74 bits per heavy atom. The molecule has 1 aliphatic heterocycles. The summed E-state index contributed by atoms with van der Waals surface area (Å²) in [5, 5.41) is 2.80. The van der Waals surface area contributed by atoms with Gasteiger partial charge in [0.05, 0.1) is 12.6 Å². The molecular weight excluding hydrogens is 300 g/mol. The van der Waals surface area contributed by atoms with Crippen LogP contribution in [-0.2, 0) is 19.0 Å². The van der Waals surface area contributed by atoms with Crippen molar-refractivity contribution in [3.05, 3.63) is 11.6 Å². The zero-order valence-electron chi connectivity index (χ0n) is 14.2. The SMILES string of the molecule is CCOC(=O)C1=C[C@@H]2OC(C)=N[C@@H]2[C@@H](NC(=O)OC(C)(C)C)C1. The lowest BCUT2D eigenvalue weighted by Crippen LogP contribution is -2.50.